The topological polar surface area (TPSA) is 77.3 Å². The molecule has 6 heteroatoms. The lowest BCUT2D eigenvalue weighted by molar-refractivity contribution is 1.22. The lowest BCUT2D eigenvalue weighted by atomic mass is 9.95. The van der Waals surface area contributed by atoms with Crippen molar-refractivity contribution in [2.24, 2.45) is 0 Å². The van der Waals surface area contributed by atoms with Gasteiger partial charge in [-0.25, -0.2) is 9.97 Å². The summed E-state index contributed by atoms with van der Waals surface area (Å²) in [7, 11) is 0. The van der Waals surface area contributed by atoms with Gasteiger partial charge in [-0.3, -0.25) is 19.9 Å². The first-order valence-corrected chi connectivity index (χ1v) is 14.0. The monoisotopic (exact) mass is 554 g/mol. The minimum absolute atomic E-state index is 0.798. The summed E-state index contributed by atoms with van der Waals surface area (Å²) in [5, 5.41) is 0. The van der Waals surface area contributed by atoms with E-state index in [-0.39, 0.29) is 0 Å². The van der Waals surface area contributed by atoms with Gasteiger partial charge in [0.1, 0.15) is 0 Å². The van der Waals surface area contributed by atoms with E-state index >= 15 is 0 Å². The molecule has 0 spiro atoms. The number of aromatic nitrogens is 6. The summed E-state index contributed by atoms with van der Waals surface area (Å²) < 4.78 is 0. The zero-order chi connectivity index (χ0) is 29.0. The van der Waals surface area contributed by atoms with Crippen molar-refractivity contribution in [3.05, 3.63) is 146 Å². The Balaban J connectivity index is 1.30. The number of nitrogens with zero attached hydrogens (tertiary/aromatic N) is 6. The van der Waals surface area contributed by atoms with E-state index in [4.69, 9.17) is 9.97 Å². The summed E-state index contributed by atoms with van der Waals surface area (Å²) in [5.74, 6) is 0. The maximum Gasteiger partial charge on any atom is 0.0900 e. The molecular weight excluding hydrogens is 528 g/mol. The molecule has 0 N–H and O–H groups in total. The molecule has 0 aliphatic carbocycles. The highest BCUT2D eigenvalue weighted by molar-refractivity contribution is 5.80. The van der Waals surface area contributed by atoms with E-state index in [2.05, 4.69) is 63.3 Å². The van der Waals surface area contributed by atoms with E-state index in [1.165, 1.54) is 0 Å². The third kappa shape index (κ3) is 5.67. The van der Waals surface area contributed by atoms with Crippen LogP contribution < -0.4 is 0 Å². The van der Waals surface area contributed by atoms with E-state index in [0.29, 0.717) is 0 Å². The van der Waals surface area contributed by atoms with Crippen molar-refractivity contribution < 1.29 is 0 Å². The van der Waals surface area contributed by atoms with Gasteiger partial charge in [0.05, 0.1) is 45.6 Å². The number of aryl methyl sites for hydroxylation is 1. The molecule has 0 aliphatic heterocycles. The average molecular weight is 555 g/mol. The molecule has 0 atom stereocenters. The summed E-state index contributed by atoms with van der Waals surface area (Å²) >= 11 is 0. The summed E-state index contributed by atoms with van der Waals surface area (Å²) in [6.45, 7) is 2.12. The van der Waals surface area contributed by atoms with E-state index in [1.54, 1.807) is 18.6 Å². The quantitative estimate of drug-likeness (QED) is 0.206. The zero-order valence-corrected chi connectivity index (χ0v) is 23.5. The van der Waals surface area contributed by atoms with Crippen LogP contribution in [0.4, 0.5) is 0 Å². The predicted molar refractivity (Wildman–Crippen MR) is 171 cm³/mol. The summed E-state index contributed by atoms with van der Waals surface area (Å²) in [4.78, 5) is 28.0. The van der Waals surface area contributed by atoms with E-state index < -0.39 is 0 Å². The number of rotatable bonds is 6. The Hall–Kier alpha value is -5.88. The van der Waals surface area contributed by atoms with Crippen molar-refractivity contribution in [2.75, 3.05) is 0 Å². The Labute approximate surface area is 249 Å². The lowest BCUT2D eigenvalue weighted by Crippen LogP contribution is -1.94. The summed E-state index contributed by atoms with van der Waals surface area (Å²) in [5.41, 5.74) is 11.9. The first-order valence-electron chi connectivity index (χ1n) is 14.0. The van der Waals surface area contributed by atoms with Gasteiger partial charge in [0, 0.05) is 24.8 Å². The largest absolute Gasteiger partial charge is 0.255 e. The Bertz CT molecular complexity index is 1970. The van der Waals surface area contributed by atoms with Gasteiger partial charge in [0.2, 0.25) is 0 Å². The molecule has 204 valence electrons. The van der Waals surface area contributed by atoms with Crippen LogP contribution in [0.15, 0.2) is 140 Å². The minimum atomic E-state index is 0.798. The van der Waals surface area contributed by atoms with Crippen molar-refractivity contribution in [2.45, 2.75) is 6.92 Å². The van der Waals surface area contributed by atoms with Crippen LogP contribution in [0.25, 0.3) is 67.8 Å². The fourth-order valence-corrected chi connectivity index (χ4v) is 5.09. The fourth-order valence-electron chi connectivity index (χ4n) is 5.09. The molecule has 43 heavy (non-hydrogen) atoms. The Morgan fingerprint density at radius 3 is 1.35 bits per heavy atom. The molecule has 1 aromatic carbocycles. The van der Waals surface area contributed by atoms with Crippen molar-refractivity contribution in [1.82, 2.24) is 29.9 Å². The number of pyridine rings is 6. The van der Waals surface area contributed by atoms with Gasteiger partial charge in [0.15, 0.2) is 0 Å². The third-order valence-corrected chi connectivity index (χ3v) is 7.12. The number of hydrogen-bond acceptors (Lipinski definition) is 6. The highest BCUT2D eigenvalue weighted by atomic mass is 14.8. The van der Waals surface area contributed by atoms with Crippen LogP contribution in [-0.2, 0) is 0 Å². The fraction of sp³-hybridized carbons (Fsp3) is 0.0270. The lowest BCUT2D eigenvalue weighted by Gasteiger charge is -2.12. The van der Waals surface area contributed by atoms with E-state index in [1.807, 2.05) is 85.1 Å². The van der Waals surface area contributed by atoms with Crippen LogP contribution in [0.2, 0.25) is 0 Å². The molecule has 0 unspecified atom stereocenters. The molecule has 0 bridgehead atoms. The second kappa shape index (κ2) is 11.5. The van der Waals surface area contributed by atoms with Gasteiger partial charge < -0.3 is 0 Å². The van der Waals surface area contributed by atoms with Gasteiger partial charge in [-0.15, -0.1) is 0 Å². The highest BCUT2D eigenvalue weighted by Crippen LogP contribution is 2.33. The van der Waals surface area contributed by atoms with Crippen molar-refractivity contribution in [3.63, 3.8) is 0 Å². The molecule has 0 saturated carbocycles. The molecule has 6 nitrogen and oxygen atoms in total. The molecule has 0 saturated heterocycles. The molecule has 6 aromatic heterocycles. The standard InChI is InChI=1S/C37H26N6/c1-25-19-27(26-14-18-41-35(22-26)34-13-8-12-33(42-34)30-9-2-5-15-38-30)21-28(20-25)29-23-36(31-10-3-6-16-39-31)43-37(24-29)32-11-4-7-17-40-32/h2-24H,1H3. The highest BCUT2D eigenvalue weighted by Gasteiger charge is 2.13. The first-order chi connectivity index (χ1) is 21.2. The molecule has 0 amide bonds. The predicted octanol–water partition coefficient (Wildman–Crippen LogP) is 8.37. The van der Waals surface area contributed by atoms with Crippen molar-refractivity contribution in [1.29, 1.82) is 0 Å². The number of hydrogen-bond donors (Lipinski definition) is 0. The van der Waals surface area contributed by atoms with Gasteiger partial charge in [-0.2, -0.15) is 0 Å². The molecule has 0 aliphatic rings. The maximum atomic E-state index is 4.93. The molecule has 6 heterocycles. The van der Waals surface area contributed by atoms with E-state index in [9.17, 15) is 0 Å². The first kappa shape index (κ1) is 26.0. The van der Waals surface area contributed by atoms with Crippen LogP contribution in [0.5, 0.6) is 0 Å². The number of benzene rings is 1. The molecule has 0 fully saturated rings. The second-order valence-electron chi connectivity index (χ2n) is 10.2. The van der Waals surface area contributed by atoms with Crippen LogP contribution >= 0.6 is 0 Å². The van der Waals surface area contributed by atoms with Crippen LogP contribution in [-0.4, -0.2) is 29.9 Å². The Morgan fingerprint density at radius 1 is 0.326 bits per heavy atom. The second-order valence-corrected chi connectivity index (χ2v) is 10.2. The SMILES string of the molecule is Cc1cc(-c2ccnc(-c3cccc(-c4ccccn4)n3)c2)cc(-c2cc(-c3ccccn3)nc(-c3ccccn3)c2)c1. The van der Waals surface area contributed by atoms with Gasteiger partial charge in [0.25, 0.3) is 0 Å². The van der Waals surface area contributed by atoms with Crippen LogP contribution in [0.1, 0.15) is 5.56 Å². The smallest absolute Gasteiger partial charge is 0.0900 e. The van der Waals surface area contributed by atoms with Crippen LogP contribution in [0.3, 0.4) is 0 Å². The zero-order valence-electron chi connectivity index (χ0n) is 23.5. The maximum absolute atomic E-state index is 4.93. The molecule has 7 aromatic rings. The van der Waals surface area contributed by atoms with Crippen molar-refractivity contribution in [3.8, 4) is 67.8 Å². The molecule has 0 radical (unpaired) electrons. The minimum Gasteiger partial charge on any atom is -0.255 e. The Kier molecular flexibility index (Phi) is 6.99. The van der Waals surface area contributed by atoms with Gasteiger partial charge in [-0.1, -0.05) is 36.4 Å². The van der Waals surface area contributed by atoms with Crippen LogP contribution in [0, 0.1) is 6.92 Å². The van der Waals surface area contributed by atoms with Gasteiger partial charge in [-0.05, 0) is 114 Å². The summed E-state index contributed by atoms with van der Waals surface area (Å²) in [6, 6.07) is 38.4. The average Bonchev–Trinajstić information content (AvgIpc) is 3.09. The Morgan fingerprint density at radius 2 is 0.767 bits per heavy atom. The molecule has 7 rings (SSSR count). The summed E-state index contributed by atoms with van der Waals surface area (Å²) in [6.07, 6.45) is 7.19. The van der Waals surface area contributed by atoms with E-state index in [0.717, 1.165) is 73.4 Å². The van der Waals surface area contributed by atoms with Gasteiger partial charge >= 0.3 is 0 Å². The molecular formula is C37H26N6. The van der Waals surface area contributed by atoms with Crippen molar-refractivity contribution >= 4 is 0 Å². The third-order valence-electron chi connectivity index (χ3n) is 7.12. The normalized spacial score (nSPS) is 10.9.